The molecule has 4 aromatic rings. The van der Waals surface area contributed by atoms with E-state index in [1.165, 1.54) is 6.07 Å². The monoisotopic (exact) mass is 462 g/mol. The minimum absolute atomic E-state index is 0.128. The van der Waals surface area contributed by atoms with Crippen LogP contribution in [-0.4, -0.2) is 24.6 Å². The van der Waals surface area contributed by atoms with Gasteiger partial charge in [0.25, 0.3) is 10.1 Å². The van der Waals surface area contributed by atoms with Gasteiger partial charge in [-0.1, -0.05) is 43.3 Å². The van der Waals surface area contributed by atoms with Crippen molar-refractivity contribution >= 4 is 38.0 Å². The van der Waals surface area contributed by atoms with Gasteiger partial charge in [0.1, 0.15) is 22.0 Å². The van der Waals surface area contributed by atoms with Gasteiger partial charge in [0.05, 0.1) is 24.2 Å². The average Bonchev–Trinajstić information content (AvgIpc) is 2.82. The van der Waals surface area contributed by atoms with Gasteiger partial charge >= 0.3 is 0 Å². The summed E-state index contributed by atoms with van der Waals surface area (Å²) in [4.78, 5) is 4.18. The first-order chi connectivity index (χ1) is 15.9. The van der Waals surface area contributed by atoms with Gasteiger partial charge in [-0.25, -0.2) is 0 Å². The number of ether oxygens (including phenoxy) is 1. The third-order valence-electron chi connectivity index (χ3n) is 4.95. The maximum atomic E-state index is 11.9. The fourth-order valence-corrected chi connectivity index (χ4v) is 4.10. The van der Waals surface area contributed by atoms with Crippen LogP contribution in [0.3, 0.4) is 0 Å². The molecule has 0 saturated heterocycles. The second-order valence-corrected chi connectivity index (χ2v) is 8.66. The number of nitrogen functional groups attached to an aromatic ring is 1. The molecule has 0 aliphatic heterocycles. The topological polar surface area (TPSA) is 127 Å². The van der Waals surface area contributed by atoms with Crippen LogP contribution < -0.4 is 10.5 Å². The molecule has 3 N–H and O–H groups in total. The first-order valence-corrected chi connectivity index (χ1v) is 11.7. The molecule has 0 amide bonds. The Morgan fingerprint density at radius 3 is 2.42 bits per heavy atom. The van der Waals surface area contributed by atoms with Crippen molar-refractivity contribution in [1.82, 2.24) is 4.98 Å². The van der Waals surface area contributed by atoms with E-state index in [2.05, 4.69) is 15.2 Å². The highest BCUT2D eigenvalue weighted by Crippen LogP contribution is 2.37. The Bertz CT molecular complexity index is 1440. The predicted molar refractivity (Wildman–Crippen MR) is 128 cm³/mol. The number of nitrogens with zero attached hydrogens (tertiary/aromatic N) is 3. The highest BCUT2D eigenvalue weighted by molar-refractivity contribution is 7.86. The van der Waals surface area contributed by atoms with Crippen LogP contribution >= 0.6 is 0 Å². The Kier molecular flexibility index (Phi) is 6.34. The van der Waals surface area contributed by atoms with Gasteiger partial charge in [-0.05, 0) is 36.8 Å². The molecule has 1 aromatic heterocycles. The van der Waals surface area contributed by atoms with Crippen LogP contribution in [0.15, 0.2) is 88.1 Å². The largest absolute Gasteiger partial charge is 0.493 e. The lowest BCUT2D eigenvalue weighted by molar-refractivity contribution is 0.318. The Morgan fingerprint density at radius 1 is 1.00 bits per heavy atom. The number of anilines is 1. The SMILES string of the molecule is CCCOc1ccccc1-c1ccc(/N=N/c2cc(S(=O)(=O)O)c3ccccc3c2N)cn1. The highest BCUT2D eigenvalue weighted by atomic mass is 32.2. The van der Waals surface area contributed by atoms with Crippen molar-refractivity contribution in [2.45, 2.75) is 18.2 Å². The zero-order valence-corrected chi connectivity index (χ0v) is 18.7. The van der Waals surface area contributed by atoms with Crippen molar-refractivity contribution in [3.05, 3.63) is 72.9 Å². The zero-order valence-electron chi connectivity index (χ0n) is 17.8. The van der Waals surface area contributed by atoms with Crippen LogP contribution in [0, 0.1) is 0 Å². The quantitative estimate of drug-likeness (QED) is 0.199. The van der Waals surface area contributed by atoms with Crippen LogP contribution in [0.2, 0.25) is 0 Å². The zero-order chi connectivity index (χ0) is 23.4. The van der Waals surface area contributed by atoms with Crippen molar-refractivity contribution in [1.29, 1.82) is 0 Å². The molecule has 0 fully saturated rings. The molecule has 0 radical (unpaired) electrons. The van der Waals surface area contributed by atoms with E-state index in [4.69, 9.17) is 10.5 Å². The molecule has 0 saturated carbocycles. The molecule has 33 heavy (non-hydrogen) atoms. The smallest absolute Gasteiger partial charge is 0.295 e. The molecule has 0 aliphatic rings. The summed E-state index contributed by atoms with van der Waals surface area (Å²) < 4.78 is 39.2. The van der Waals surface area contributed by atoms with Gasteiger partial charge in [-0.3, -0.25) is 9.54 Å². The number of fused-ring (bicyclic) bond motifs is 1. The summed E-state index contributed by atoms with van der Waals surface area (Å²) in [5.74, 6) is 0.753. The Hall–Kier alpha value is -3.82. The van der Waals surface area contributed by atoms with E-state index < -0.39 is 10.1 Å². The van der Waals surface area contributed by atoms with Gasteiger partial charge in [0.2, 0.25) is 0 Å². The van der Waals surface area contributed by atoms with Crippen LogP contribution in [0.4, 0.5) is 17.1 Å². The first-order valence-electron chi connectivity index (χ1n) is 10.3. The number of azo groups is 1. The van der Waals surface area contributed by atoms with E-state index in [0.29, 0.717) is 23.1 Å². The molecule has 0 unspecified atom stereocenters. The molecular weight excluding hydrogens is 440 g/mol. The van der Waals surface area contributed by atoms with E-state index >= 15 is 0 Å². The third kappa shape index (κ3) is 4.84. The van der Waals surface area contributed by atoms with Crippen LogP contribution in [0.1, 0.15) is 13.3 Å². The van der Waals surface area contributed by atoms with Gasteiger partial charge in [-0.15, -0.1) is 10.2 Å². The second-order valence-electron chi connectivity index (χ2n) is 7.27. The lowest BCUT2D eigenvalue weighted by atomic mass is 10.1. The number of nitrogens with two attached hydrogens (primary N) is 1. The molecule has 4 rings (SSSR count). The van der Waals surface area contributed by atoms with Gasteiger partial charge < -0.3 is 10.5 Å². The van der Waals surface area contributed by atoms with E-state index in [0.717, 1.165) is 23.4 Å². The van der Waals surface area contributed by atoms with E-state index in [9.17, 15) is 13.0 Å². The van der Waals surface area contributed by atoms with Gasteiger partial charge in [-0.2, -0.15) is 8.42 Å². The van der Waals surface area contributed by atoms with Crippen molar-refractivity contribution in [3.8, 4) is 17.0 Å². The van der Waals surface area contributed by atoms with Crippen molar-refractivity contribution < 1.29 is 17.7 Å². The molecule has 168 valence electrons. The van der Waals surface area contributed by atoms with E-state index in [1.807, 2.05) is 31.2 Å². The average molecular weight is 463 g/mol. The molecule has 8 nitrogen and oxygen atoms in total. The van der Waals surface area contributed by atoms with Crippen molar-refractivity contribution in [3.63, 3.8) is 0 Å². The molecule has 9 heteroatoms. The summed E-state index contributed by atoms with van der Waals surface area (Å²) in [5, 5.41) is 9.04. The Balaban J connectivity index is 1.67. The maximum absolute atomic E-state index is 11.9. The maximum Gasteiger partial charge on any atom is 0.295 e. The van der Waals surface area contributed by atoms with E-state index in [-0.39, 0.29) is 16.3 Å². The number of hydrogen-bond acceptors (Lipinski definition) is 7. The predicted octanol–water partition coefficient (Wildman–Crippen LogP) is 5.93. The fourth-order valence-electron chi connectivity index (χ4n) is 3.38. The highest BCUT2D eigenvalue weighted by Gasteiger charge is 2.18. The number of aromatic nitrogens is 1. The summed E-state index contributed by atoms with van der Waals surface area (Å²) in [6.07, 6.45) is 2.45. The number of benzene rings is 3. The van der Waals surface area contributed by atoms with Crippen LogP contribution in [-0.2, 0) is 10.1 Å². The summed E-state index contributed by atoms with van der Waals surface area (Å²) >= 11 is 0. The minimum atomic E-state index is -4.48. The molecule has 0 aliphatic carbocycles. The molecule has 0 spiro atoms. The molecular formula is C24H22N4O4S. The van der Waals surface area contributed by atoms with Crippen molar-refractivity contribution in [2.75, 3.05) is 12.3 Å². The third-order valence-corrected chi connectivity index (χ3v) is 5.84. The summed E-state index contributed by atoms with van der Waals surface area (Å²) in [6, 6.07) is 19.0. The van der Waals surface area contributed by atoms with Crippen LogP contribution in [0.25, 0.3) is 22.0 Å². The Morgan fingerprint density at radius 2 is 1.73 bits per heavy atom. The molecule has 0 bridgehead atoms. The molecule has 3 aromatic carbocycles. The molecule has 0 atom stereocenters. The Labute approximate surface area is 191 Å². The van der Waals surface area contributed by atoms with Crippen LogP contribution in [0.5, 0.6) is 5.75 Å². The summed E-state index contributed by atoms with van der Waals surface area (Å²) in [7, 11) is -4.48. The van der Waals surface area contributed by atoms with Gasteiger partial charge in [0, 0.05) is 16.3 Å². The summed E-state index contributed by atoms with van der Waals surface area (Å²) in [6.45, 7) is 2.66. The normalized spacial score (nSPS) is 11.8. The van der Waals surface area contributed by atoms with Gasteiger partial charge in [0.15, 0.2) is 0 Å². The lowest BCUT2D eigenvalue weighted by Crippen LogP contribution is -2.01. The number of para-hydroxylation sites is 1. The number of hydrogen-bond donors (Lipinski definition) is 2. The minimum Gasteiger partial charge on any atom is -0.493 e. The number of rotatable bonds is 7. The molecule has 1 heterocycles. The van der Waals surface area contributed by atoms with Crippen molar-refractivity contribution in [2.24, 2.45) is 10.2 Å². The fraction of sp³-hybridized carbons (Fsp3) is 0.125. The second kappa shape index (κ2) is 9.35. The standard InChI is InChI=1S/C24H22N4O4S/c1-2-13-32-22-10-6-5-9-19(22)20-12-11-16(15-26-20)27-28-21-14-23(33(29,30)31)17-7-3-4-8-18(17)24(21)25/h3-12,14-15H,2,13,25H2,1H3,(H,29,30,31)/b28-27+. The summed E-state index contributed by atoms with van der Waals surface area (Å²) in [5.41, 5.74) is 8.62. The lowest BCUT2D eigenvalue weighted by Gasteiger charge is -2.10. The first kappa shape index (κ1) is 22.4. The number of pyridine rings is 1. The van der Waals surface area contributed by atoms with E-state index in [1.54, 1.807) is 42.6 Å².